The lowest BCUT2D eigenvalue weighted by Crippen LogP contribution is -2.65. The summed E-state index contributed by atoms with van der Waals surface area (Å²) < 4.78 is 200. The molecule has 0 amide bonds. The maximum absolute atomic E-state index is 12.9. The summed E-state index contributed by atoms with van der Waals surface area (Å²) in [4.78, 5) is 0. The van der Waals surface area contributed by atoms with Gasteiger partial charge in [0.05, 0.1) is 0 Å². The Morgan fingerprint density at radius 2 is 1.00 bits per heavy atom. The zero-order chi connectivity index (χ0) is 21.6. The van der Waals surface area contributed by atoms with Crippen LogP contribution in [0.2, 0.25) is 0 Å². The fourth-order valence-electron chi connectivity index (χ4n) is 1.12. The van der Waals surface area contributed by atoms with Gasteiger partial charge in [0.25, 0.3) is 6.17 Å². The Balaban J connectivity index is 5.62. The molecule has 0 bridgehead atoms. The minimum atomic E-state index is -7.56. The molecular weight excluding hydrogens is 428 g/mol. The van der Waals surface area contributed by atoms with Crippen LogP contribution in [-0.2, 0) is 4.74 Å². The Labute approximate surface area is 131 Å². The van der Waals surface area contributed by atoms with Gasteiger partial charge >= 0.3 is 42.4 Å². The number of alkyl halides is 16. The molecule has 0 fully saturated rings. The van der Waals surface area contributed by atoms with Crippen molar-refractivity contribution < 1.29 is 75.0 Å². The average Bonchev–Trinajstić information content (AvgIpc) is 2.42. The van der Waals surface area contributed by atoms with Gasteiger partial charge in [-0.3, -0.25) is 0 Å². The first-order valence-corrected chi connectivity index (χ1v) is 5.57. The molecule has 0 aliphatic heterocycles. The summed E-state index contributed by atoms with van der Waals surface area (Å²) in [5, 5.41) is 0. The normalized spacial score (nSPS) is 17.0. The van der Waals surface area contributed by atoms with E-state index in [2.05, 4.69) is 4.74 Å². The van der Waals surface area contributed by atoms with Crippen molar-refractivity contribution >= 4 is 0 Å². The van der Waals surface area contributed by atoms with Crippen LogP contribution in [-0.4, -0.2) is 55.2 Å². The van der Waals surface area contributed by atoms with Gasteiger partial charge in [0.15, 0.2) is 0 Å². The van der Waals surface area contributed by atoms with E-state index in [0.29, 0.717) is 0 Å². The van der Waals surface area contributed by atoms with E-state index >= 15 is 0 Å². The fraction of sp³-hybridized carbons (Fsp3) is 1.00. The number of hydrogen-bond acceptors (Lipinski definition) is 1. The molecular formula is C9H4F16O. The number of ether oxygens (including phenoxy) is 1. The lowest BCUT2D eigenvalue weighted by molar-refractivity contribution is -0.403. The lowest BCUT2D eigenvalue weighted by Gasteiger charge is -2.36. The molecule has 158 valence electrons. The highest BCUT2D eigenvalue weighted by atomic mass is 19.4. The summed E-state index contributed by atoms with van der Waals surface area (Å²) in [6.45, 7) is -3.85. The first kappa shape index (κ1) is 24.8. The van der Waals surface area contributed by atoms with Crippen molar-refractivity contribution in [3.8, 4) is 0 Å². The zero-order valence-corrected chi connectivity index (χ0v) is 11.3. The third kappa shape index (κ3) is 4.21. The molecule has 0 N–H and O–H groups in total. The minimum absolute atomic E-state index is 2.21. The van der Waals surface area contributed by atoms with Crippen LogP contribution in [0, 0.1) is 0 Å². The average molecular weight is 432 g/mol. The molecule has 0 radical (unpaired) electrons. The van der Waals surface area contributed by atoms with E-state index < -0.39 is 55.2 Å². The first-order chi connectivity index (χ1) is 11.1. The number of halogens is 16. The number of hydrogen-bond donors (Lipinski definition) is 0. The van der Waals surface area contributed by atoms with Crippen molar-refractivity contribution in [1.82, 2.24) is 0 Å². The van der Waals surface area contributed by atoms with Crippen molar-refractivity contribution in [2.75, 3.05) is 6.61 Å². The molecule has 0 rings (SSSR count). The van der Waals surface area contributed by atoms with Crippen LogP contribution >= 0.6 is 0 Å². The lowest BCUT2D eigenvalue weighted by atomic mass is 9.99. The van der Waals surface area contributed by atoms with Gasteiger partial charge in [0.2, 0.25) is 0 Å². The van der Waals surface area contributed by atoms with E-state index in [1.807, 2.05) is 0 Å². The summed E-state index contributed by atoms with van der Waals surface area (Å²) in [6, 6.07) is 0. The topological polar surface area (TPSA) is 9.23 Å². The van der Waals surface area contributed by atoms with Crippen molar-refractivity contribution in [2.45, 2.75) is 48.6 Å². The Morgan fingerprint density at radius 3 is 1.31 bits per heavy atom. The molecule has 1 nitrogen and oxygen atoms in total. The van der Waals surface area contributed by atoms with Crippen LogP contribution in [0.25, 0.3) is 0 Å². The summed E-state index contributed by atoms with van der Waals surface area (Å²) >= 11 is 0. The van der Waals surface area contributed by atoms with Crippen molar-refractivity contribution in [3.05, 3.63) is 0 Å². The Morgan fingerprint density at radius 1 is 0.615 bits per heavy atom. The van der Waals surface area contributed by atoms with Crippen molar-refractivity contribution in [1.29, 1.82) is 0 Å². The summed E-state index contributed by atoms with van der Waals surface area (Å²) in [5.74, 6) is -29.0. The highest BCUT2D eigenvalue weighted by molar-refractivity contribution is 5.04. The van der Waals surface area contributed by atoms with Crippen molar-refractivity contribution in [2.24, 2.45) is 0 Å². The third-order valence-electron chi connectivity index (χ3n) is 2.57. The number of rotatable bonds is 8. The Bertz CT molecular complexity index is 479. The molecule has 0 spiro atoms. The van der Waals surface area contributed by atoms with E-state index in [-0.39, 0.29) is 0 Å². The molecule has 0 aromatic carbocycles. The predicted molar refractivity (Wildman–Crippen MR) is 47.6 cm³/mol. The molecule has 0 aliphatic carbocycles. The van der Waals surface area contributed by atoms with Gasteiger partial charge in [-0.2, -0.15) is 57.1 Å². The van der Waals surface area contributed by atoms with Gasteiger partial charge in [0, 0.05) is 0 Å². The molecule has 0 aliphatic rings. The standard InChI is InChI=1S/C9H4F16O/c10-2(6(17,18)19)7(20,21)26-1-4(13,14)8(22,23)9(24,25)5(15,16)3(11)12/h2-3H,1H2. The van der Waals surface area contributed by atoms with Crippen LogP contribution in [0.15, 0.2) is 0 Å². The van der Waals surface area contributed by atoms with E-state index in [1.165, 1.54) is 0 Å². The zero-order valence-electron chi connectivity index (χ0n) is 11.3. The third-order valence-corrected chi connectivity index (χ3v) is 2.57. The molecule has 1 atom stereocenters. The highest BCUT2D eigenvalue weighted by Crippen LogP contribution is 2.54. The van der Waals surface area contributed by atoms with Crippen LogP contribution < -0.4 is 0 Å². The fourth-order valence-corrected chi connectivity index (χ4v) is 1.12. The second-order valence-corrected chi connectivity index (χ2v) is 4.53. The quantitative estimate of drug-likeness (QED) is 0.473. The maximum Gasteiger partial charge on any atom is 0.428 e. The van der Waals surface area contributed by atoms with Gasteiger partial charge in [-0.25, -0.2) is 13.2 Å². The Kier molecular flexibility index (Phi) is 6.47. The van der Waals surface area contributed by atoms with Gasteiger partial charge < -0.3 is 4.74 Å². The van der Waals surface area contributed by atoms with E-state index in [9.17, 15) is 70.2 Å². The molecule has 26 heavy (non-hydrogen) atoms. The van der Waals surface area contributed by atoms with E-state index in [4.69, 9.17) is 0 Å². The van der Waals surface area contributed by atoms with Gasteiger partial charge in [0.1, 0.15) is 6.61 Å². The second-order valence-electron chi connectivity index (χ2n) is 4.53. The van der Waals surface area contributed by atoms with Crippen LogP contribution in [0.5, 0.6) is 0 Å². The molecule has 0 saturated heterocycles. The molecule has 0 saturated carbocycles. The van der Waals surface area contributed by atoms with Gasteiger partial charge in [-0.15, -0.1) is 0 Å². The van der Waals surface area contributed by atoms with Crippen LogP contribution in [0.1, 0.15) is 0 Å². The van der Waals surface area contributed by atoms with Crippen LogP contribution in [0.4, 0.5) is 70.2 Å². The molecule has 0 heterocycles. The minimum Gasteiger partial charge on any atom is -0.311 e. The molecule has 0 aromatic rings. The van der Waals surface area contributed by atoms with E-state index in [0.717, 1.165) is 0 Å². The summed E-state index contributed by atoms with van der Waals surface area (Å²) in [6.07, 6.45) is -23.8. The smallest absolute Gasteiger partial charge is 0.311 e. The second kappa shape index (κ2) is 6.78. The molecule has 0 aromatic heterocycles. The van der Waals surface area contributed by atoms with Gasteiger partial charge in [-0.05, 0) is 0 Å². The maximum atomic E-state index is 12.9. The predicted octanol–water partition coefficient (Wildman–Crippen LogP) is 5.30. The van der Waals surface area contributed by atoms with Crippen molar-refractivity contribution in [3.63, 3.8) is 0 Å². The SMILES string of the molecule is FC(C(F)(F)F)C(F)(F)OCC(F)(F)C(F)(F)C(F)(F)C(F)(F)C(F)F. The molecule has 17 heteroatoms. The molecule has 1 unspecified atom stereocenters. The largest absolute Gasteiger partial charge is 0.428 e. The Hall–Kier alpha value is -1.16. The summed E-state index contributed by atoms with van der Waals surface area (Å²) in [5.41, 5.74) is 0. The summed E-state index contributed by atoms with van der Waals surface area (Å²) in [7, 11) is 0. The highest BCUT2D eigenvalue weighted by Gasteiger charge is 2.83. The monoisotopic (exact) mass is 432 g/mol. The van der Waals surface area contributed by atoms with Gasteiger partial charge in [-0.1, -0.05) is 0 Å². The van der Waals surface area contributed by atoms with Crippen LogP contribution in [0.3, 0.4) is 0 Å². The van der Waals surface area contributed by atoms with E-state index in [1.54, 1.807) is 0 Å². The first-order valence-electron chi connectivity index (χ1n) is 5.57.